The molecule has 1 fully saturated rings. The molecule has 0 saturated heterocycles. The highest BCUT2D eigenvalue weighted by atomic mass is 32.2. The Kier molecular flexibility index (Phi) is 11.8. The quantitative estimate of drug-likeness (QED) is 0.161. The van der Waals surface area contributed by atoms with Crippen LogP contribution in [0.1, 0.15) is 53.5 Å². The van der Waals surface area contributed by atoms with Crippen LogP contribution < -0.4 is 19.1 Å². The van der Waals surface area contributed by atoms with Crippen LogP contribution in [0.25, 0.3) is 0 Å². The van der Waals surface area contributed by atoms with Crippen molar-refractivity contribution in [3.8, 4) is 11.5 Å². The normalized spacial score (nSPS) is 13.8. The van der Waals surface area contributed by atoms with Crippen molar-refractivity contribution < 1.29 is 27.5 Å². The van der Waals surface area contributed by atoms with E-state index in [2.05, 4.69) is 5.32 Å². The molecule has 1 aliphatic rings. The number of carbonyl (C=O) groups is 2. The van der Waals surface area contributed by atoms with Crippen molar-refractivity contribution in [3.63, 3.8) is 0 Å². The van der Waals surface area contributed by atoms with Gasteiger partial charge in [-0.3, -0.25) is 13.9 Å². The van der Waals surface area contributed by atoms with Crippen molar-refractivity contribution in [2.45, 2.75) is 76.4 Å². The van der Waals surface area contributed by atoms with Crippen molar-refractivity contribution >= 4 is 27.5 Å². The van der Waals surface area contributed by atoms with Crippen molar-refractivity contribution in [1.82, 2.24) is 10.2 Å². The second kappa shape index (κ2) is 16.3. The largest absolute Gasteiger partial charge is 0.493 e. The predicted octanol–water partition coefficient (Wildman–Crippen LogP) is 6.52. The molecule has 1 N–H and O–H groups in total. The third kappa shape index (κ3) is 8.66. The molecule has 0 heterocycles. The summed E-state index contributed by atoms with van der Waals surface area (Å²) in [5.74, 6) is -0.128. The molecule has 9 nitrogen and oxygen atoms in total. The smallest absolute Gasteiger partial charge is 0.264 e. The van der Waals surface area contributed by atoms with Crippen molar-refractivity contribution in [1.29, 1.82) is 0 Å². The van der Waals surface area contributed by atoms with Crippen LogP contribution in [0.3, 0.4) is 0 Å². The molecular weight excluding hydrogens is 651 g/mol. The van der Waals surface area contributed by atoms with E-state index in [9.17, 15) is 18.0 Å². The van der Waals surface area contributed by atoms with Crippen LogP contribution in [0.5, 0.6) is 11.5 Å². The maximum atomic E-state index is 14.9. The number of carbonyl (C=O) groups excluding carboxylic acids is 2. The molecule has 1 saturated carbocycles. The molecule has 0 radical (unpaired) electrons. The molecule has 4 aromatic rings. The summed E-state index contributed by atoms with van der Waals surface area (Å²) in [6, 6.07) is 26.3. The molecule has 1 aliphatic carbocycles. The van der Waals surface area contributed by atoms with Gasteiger partial charge in [0.1, 0.15) is 12.6 Å². The Labute approximate surface area is 296 Å². The fourth-order valence-electron chi connectivity index (χ4n) is 6.62. The minimum absolute atomic E-state index is 0.0355. The lowest BCUT2D eigenvalue weighted by Gasteiger charge is -2.35. The Morgan fingerprint density at radius 3 is 2.10 bits per heavy atom. The van der Waals surface area contributed by atoms with E-state index in [0.29, 0.717) is 11.4 Å². The third-order valence-corrected chi connectivity index (χ3v) is 11.1. The van der Waals surface area contributed by atoms with Crippen LogP contribution in [0.4, 0.5) is 5.69 Å². The third-order valence-electron chi connectivity index (χ3n) is 9.29. The first-order valence-electron chi connectivity index (χ1n) is 17.0. The van der Waals surface area contributed by atoms with Gasteiger partial charge in [-0.1, -0.05) is 73.5 Å². The van der Waals surface area contributed by atoms with Crippen LogP contribution in [0, 0.1) is 20.8 Å². The lowest BCUT2D eigenvalue weighted by atomic mass is 10.0. The first-order chi connectivity index (χ1) is 24.0. The molecule has 10 heteroatoms. The van der Waals surface area contributed by atoms with Crippen molar-refractivity contribution in [2.75, 3.05) is 25.1 Å². The van der Waals surface area contributed by atoms with E-state index < -0.39 is 28.5 Å². The Bertz CT molecular complexity index is 1890. The summed E-state index contributed by atoms with van der Waals surface area (Å²) in [5, 5.41) is 3.22. The van der Waals surface area contributed by atoms with E-state index >= 15 is 0 Å². The summed E-state index contributed by atoms with van der Waals surface area (Å²) in [7, 11) is -1.42. The lowest BCUT2D eigenvalue weighted by Crippen LogP contribution is -2.54. The van der Waals surface area contributed by atoms with E-state index in [0.717, 1.165) is 57.8 Å². The molecule has 50 heavy (non-hydrogen) atoms. The van der Waals surface area contributed by atoms with E-state index in [1.807, 2.05) is 81.4 Å². The number of sulfonamides is 1. The molecule has 5 rings (SSSR count). The van der Waals surface area contributed by atoms with Crippen LogP contribution >= 0.6 is 0 Å². The summed E-state index contributed by atoms with van der Waals surface area (Å²) in [6.07, 6.45) is 4.13. The summed E-state index contributed by atoms with van der Waals surface area (Å²) in [5.41, 5.74) is 4.75. The average Bonchev–Trinajstić information content (AvgIpc) is 3.62. The van der Waals surface area contributed by atoms with Crippen LogP contribution in [0.15, 0.2) is 95.9 Å². The highest BCUT2D eigenvalue weighted by Gasteiger charge is 2.36. The lowest BCUT2D eigenvalue weighted by molar-refractivity contribution is -0.140. The number of hydrogen-bond donors (Lipinski definition) is 1. The number of ether oxygens (including phenoxy) is 2. The highest BCUT2D eigenvalue weighted by Crippen LogP contribution is 2.33. The predicted molar refractivity (Wildman–Crippen MR) is 196 cm³/mol. The Balaban J connectivity index is 1.61. The first-order valence-corrected chi connectivity index (χ1v) is 18.5. The van der Waals surface area contributed by atoms with Gasteiger partial charge in [0.25, 0.3) is 10.0 Å². The van der Waals surface area contributed by atoms with Gasteiger partial charge < -0.3 is 19.7 Å². The average molecular weight is 698 g/mol. The van der Waals surface area contributed by atoms with Crippen LogP contribution in [0.2, 0.25) is 0 Å². The summed E-state index contributed by atoms with van der Waals surface area (Å²) >= 11 is 0. The maximum absolute atomic E-state index is 14.9. The number of anilines is 1. The zero-order valence-electron chi connectivity index (χ0n) is 29.5. The van der Waals surface area contributed by atoms with Gasteiger partial charge >= 0.3 is 0 Å². The van der Waals surface area contributed by atoms with E-state index in [1.54, 1.807) is 17.0 Å². The van der Waals surface area contributed by atoms with Crippen molar-refractivity contribution in [3.05, 3.63) is 119 Å². The molecule has 0 bridgehead atoms. The van der Waals surface area contributed by atoms with Gasteiger partial charge in [0.15, 0.2) is 11.5 Å². The Hall–Kier alpha value is -4.83. The standard InChI is InChI=1S/C40H47N3O6S/c1-28-21-29(2)23-34(22-28)43(50(46,47)35-19-20-37(48-4)38(25-35)49-5)27-39(44)42(26-32-16-10-9-13-30(32)3)36(24-31-14-7-6-8-15-31)40(45)41-33-17-11-12-18-33/h6-10,13-16,19-23,25,33,36H,11-12,17-18,24,26-27H2,1-5H3,(H,41,45)/t36-/m0/s1. The zero-order valence-corrected chi connectivity index (χ0v) is 30.3. The van der Waals surface area contributed by atoms with Gasteiger partial charge in [-0.2, -0.15) is 0 Å². The Morgan fingerprint density at radius 1 is 0.820 bits per heavy atom. The van der Waals surface area contributed by atoms with Gasteiger partial charge in [-0.15, -0.1) is 0 Å². The van der Waals surface area contributed by atoms with Gasteiger partial charge in [-0.25, -0.2) is 8.42 Å². The zero-order chi connectivity index (χ0) is 35.8. The molecule has 2 amide bonds. The van der Waals surface area contributed by atoms with E-state index in [1.165, 1.54) is 32.4 Å². The number of hydrogen-bond acceptors (Lipinski definition) is 6. The molecule has 264 valence electrons. The molecule has 0 aliphatic heterocycles. The summed E-state index contributed by atoms with van der Waals surface area (Å²) in [6.45, 7) is 5.32. The molecular formula is C40H47N3O6S. The highest BCUT2D eigenvalue weighted by molar-refractivity contribution is 7.92. The molecule has 0 spiro atoms. The fraction of sp³-hybridized carbons (Fsp3) is 0.350. The number of nitrogens with zero attached hydrogens (tertiary/aromatic N) is 2. The minimum atomic E-state index is -4.33. The number of amides is 2. The minimum Gasteiger partial charge on any atom is -0.493 e. The number of rotatable bonds is 14. The molecule has 4 aromatic carbocycles. The van der Waals surface area contributed by atoms with E-state index in [-0.39, 0.29) is 35.6 Å². The van der Waals surface area contributed by atoms with Gasteiger partial charge in [0.05, 0.1) is 24.8 Å². The number of methoxy groups -OCH3 is 2. The number of nitrogens with one attached hydrogen (secondary N) is 1. The second-order valence-electron chi connectivity index (χ2n) is 13.0. The van der Waals surface area contributed by atoms with Crippen molar-refractivity contribution in [2.24, 2.45) is 0 Å². The SMILES string of the molecule is COc1ccc(S(=O)(=O)N(CC(=O)N(Cc2ccccc2C)[C@@H](Cc2ccccc2)C(=O)NC2CCCC2)c2cc(C)cc(C)c2)cc1OC. The van der Waals surface area contributed by atoms with Gasteiger partial charge in [-0.05, 0) is 85.7 Å². The maximum Gasteiger partial charge on any atom is 0.264 e. The monoisotopic (exact) mass is 697 g/mol. The summed E-state index contributed by atoms with van der Waals surface area (Å²) < 4.78 is 41.1. The first kappa shape index (κ1) is 36.5. The molecule has 0 aromatic heterocycles. The topological polar surface area (TPSA) is 105 Å². The number of aryl methyl sites for hydroxylation is 3. The number of benzene rings is 4. The second-order valence-corrected chi connectivity index (χ2v) is 14.9. The molecule has 1 atom stereocenters. The Morgan fingerprint density at radius 2 is 1.46 bits per heavy atom. The van der Waals surface area contributed by atoms with Gasteiger partial charge in [0.2, 0.25) is 11.8 Å². The van der Waals surface area contributed by atoms with Crippen LogP contribution in [-0.4, -0.2) is 58.0 Å². The van der Waals surface area contributed by atoms with E-state index in [4.69, 9.17) is 9.47 Å². The summed E-state index contributed by atoms with van der Waals surface area (Å²) in [4.78, 5) is 30.6. The van der Waals surface area contributed by atoms with Gasteiger partial charge in [0, 0.05) is 25.1 Å². The molecule has 0 unspecified atom stereocenters. The van der Waals surface area contributed by atoms with Crippen LogP contribution in [-0.2, 0) is 32.6 Å². The fourth-order valence-corrected chi connectivity index (χ4v) is 8.03.